The van der Waals surface area contributed by atoms with Crippen LogP contribution in [0.2, 0.25) is 0 Å². The molecule has 8 heteroatoms. The van der Waals surface area contributed by atoms with E-state index in [-0.39, 0.29) is 24.9 Å². The van der Waals surface area contributed by atoms with Crippen molar-refractivity contribution < 1.29 is 14.0 Å². The van der Waals surface area contributed by atoms with Gasteiger partial charge in [-0.1, -0.05) is 42.5 Å². The van der Waals surface area contributed by atoms with E-state index in [0.717, 1.165) is 22.5 Å². The smallest absolute Gasteiger partial charge is 0.264 e. The monoisotopic (exact) mass is 510 g/mol. The van der Waals surface area contributed by atoms with E-state index < -0.39 is 0 Å². The van der Waals surface area contributed by atoms with Gasteiger partial charge in [0.2, 0.25) is 11.9 Å². The molecule has 1 N–H and O–H groups in total. The predicted octanol–water partition coefficient (Wildman–Crippen LogP) is 6.09. The number of carbonyl (C=O) groups excluding carboxylic acids is 2. The molecule has 186 valence electrons. The Balaban J connectivity index is 1.44. The number of aromatic nitrogens is 2. The van der Waals surface area contributed by atoms with Crippen molar-refractivity contribution in [2.45, 2.75) is 20.4 Å². The Morgan fingerprint density at radius 1 is 1.00 bits per heavy atom. The summed E-state index contributed by atoms with van der Waals surface area (Å²) in [4.78, 5) is 33.2. The summed E-state index contributed by atoms with van der Waals surface area (Å²) in [5.41, 5.74) is 4.87. The van der Waals surface area contributed by atoms with Gasteiger partial charge < -0.3 is 9.32 Å². The highest BCUT2D eigenvalue weighted by Gasteiger charge is 2.22. The van der Waals surface area contributed by atoms with Gasteiger partial charge in [-0.3, -0.25) is 19.5 Å². The van der Waals surface area contributed by atoms with Gasteiger partial charge in [-0.05, 0) is 60.7 Å². The fourth-order valence-corrected chi connectivity index (χ4v) is 4.66. The van der Waals surface area contributed by atoms with Crippen LogP contribution >= 0.6 is 11.3 Å². The lowest BCUT2D eigenvalue weighted by Crippen LogP contribution is -2.37. The van der Waals surface area contributed by atoms with Gasteiger partial charge in [-0.2, -0.15) is 0 Å². The van der Waals surface area contributed by atoms with Gasteiger partial charge in [0.25, 0.3) is 5.91 Å². The van der Waals surface area contributed by atoms with Crippen molar-refractivity contribution in [2.24, 2.45) is 0 Å². The number of nitrogens with one attached hydrogen (secondary N) is 1. The van der Waals surface area contributed by atoms with Gasteiger partial charge in [0.1, 0.15) is 12.3 Å². The van der Waals surface area contributed by atoms with Crippen molar-refractivity contribution in [2.75, 3.05) is 11.9 Å². The number of aryl methyl sites for hydroxylation is 2. The van der Waals surface area contributed by atoms with Crippen LogP contribution in [0, 0.1) is 13.8 Å². The van der Waals surface area contributed by atoms with Gasteiger partial charge in [-0.25, -0.2) is 4.98 Å². The molecule has 0 saturated heterocycles. The minimum atomic E-state index is -0.355. The van der Waals surface area contributed by atoms with Gasteiger partial charge in [0, 0.05) is 17.4 Å². The molecule has 0 bridgehead atoms. The summed E-state index contributed by atoms with van der Waals surface area (Å²) in [5, 5.41) is 4.77. The quantitative estimate of drug-likeness (QED) is 0.274. The zero-order chi connectivity index (χ0) is 25.8. The number of hydrogen-bond donors (Lipinski definition) is 1. The molecule has 0 fully saturated rings. The Bertz CT molecular complexity index is 1510. The first-order valence-corrected chi connectivity index (χ1v) is 12.7. The van der Waals surface area contributed by atoms with Crippen LogP contribution in [0.3, 0.4) is 0 Å². The molecule has 7 nitrogen and oxygen atoms in total. The number of furan rings is 1. The highest BCUT2D eigenvalue weighted by atomic mass is 32.1. The molecule has 3 heterocycles. The number of nitrogens with zero attached hydrogens (tertiary/aromatic N) is 3. The Morgan fingerprint density at radius 3 is 2.54 bits per heavy atom. The summed E-state index contributed by atoms with van der Waals surface area (Å²) in [6.45, 7) is 4.13. The zero-order valence-corrected chi connectivity index (χ0v) is 21.4. The summed E-state index contributed by atoms with van der Waals surface area (Å²) in [6.07, 6.45) is 3.46. The van der Waals surface area contributed by atoms with Gasteiger partial charge in [-0.15, -0.1) is 11.3 Å². The Kier molecular flexibility index (Phi) is 7.00. The lowest BCUT2D eigenvalue weighted by molar-refractivity contribution is -0.117. The van der Waals surface area contributed by atoms with E-state index in [1.54, 1.807) is 24.5 Å². The fourth-order valence-electron chi connectivity index (χ4n) is 3.97. The maximum absolute atomic E-state index is 13.3. The van der Waals surface area contributed by atoms with E-state index >= 15 is 0 Å². The minimum Gasteiger partial charge on any atom is -0.467 e. The highest BCUT2D eigenvalue weighted by Crippen LogP contribution is 2.25. The average Bonchev–Trinajstić information content (AvgIpc) is 3.68. The molecule has 0 atom stereocenters. The lowest BCUT2D eigenvalue weighted by atomic mass is 10.1. The summed E-state index contributed by atoms with van der Waals surface area (Å²) in [6, 6.07) is 23.0. The molecular formula is C29H26N4O3S. The average molecular weight is 511 g/mol. The molecule has 0 aliphatic heterocycles. The number of imidazole rings is 1. The van der Waals surface area contributed by atoms with Crippen molar-refractivity contribution in [3.05, 3.63) is 112 Å². The van der Waals surface area contributed by atoms with Crippen LogP contribution in [-0.2, 0) is 11.3 Å². The number of thiophene rings is 1. The van der Waals surface area contributed by atoms with Gasteiger partial charge in [0.15, 0.2) is 0 Å². The molecule has 5 aromatic rings. The number of benzene rings is 2. The number of hydrogen-bond acceptors (Lipinski definition) is 5. The molecule has 0 aliphatic carbocycles. The molecule has 3 aromatic heterocycles. The molecule has 2 amide bonds. The molecule has 0 radical (unpaired) electrons. The second kappa shape index (κ2) is 10.7. The third-order valence-electron chi connectivity index (χ3n) is 6.08. The molecule has 37 heavy (non-hydrogen) atoms. The number of amides is 2. The first-order chi connectivity index (χ1) is 18.0. The van der Waals surface area contributed by atoms with E-state index in [1.807, 2.05) is 64.7 Å². The fraction of sp³-hybridized carbons (Fsp3) is 0.138. The lowest BCUT2D eigenvalue weighted by Gasteiger charge is -2.20. The number of rotatable bonds is 8. The Labute approximate surface area is 219 Å². The van der Waals surface area contributed by atoms with Crippen LogP contribution in [0.4, 0.5) is 5.95 Å². The SMILES string of the molecule is Cc1ccc(-n2cc(-c3ccccc3)nc2NC(=O)CN(Cc2ccco2)C(=O)c2cccs2)cc1C. The van der Waals surface area contributed by atoms with Gasteiger partial charge in [0.05, 0.1) is 23.4 Å². The van der Waals surface area contributed by atoms with Crippen LogP contribution in [0.15, 0.2) is 95.1 Å². The third-order valence-corrected chi connectivity index (χ3v) is 6.93. The summed E-state index contributed by atoms with van der Waals surface area (Å²) >= 11 is 1.34. The first-order valence-electron chi connectivity index (χ1n) is 11.9. The Morgan fingerprint density at radius 2 is 1.84 bits per heavy atom. The summed E-state index contributed by atoms with van der Waals surface area (Å²) in [5.74, 6) is 0.394. The second-order valence-electron chi connectivity index (χ2n) is 8.72. The van der Waals surface area contributed by atoms with Gasteiger partial charge >= 0.3 is 0 Å². The summed E-state index contributed by atoms with van der Waals surface area (Å²) < 4.78 is 7.31. The largest absolute Gasteiger partial charge is 0.467 e. The van der Waals surface area contributed by atoms with Crippen molar-refractivity contribution >= 4 is 29.1 Å². The van der Waals surface area contributed by atoms with Crippen molar-refractivity contribution in [3.8, 4) is 16.9 Å². The molecule has 0 saturated carbocycles. The second-order valence-corrected chi connectivity index (χ2v) is 9.67. The third kappa shape index (κ3) is 5.54. The van der Waals surface area contributed by atoms with Crippen LogP contribution in [0.25, 0.3) is 16.9 Å². The number of anilines is 1. The first kappa shape index (κ1) is 24.3. The van der Waals surface area contributed by atoms with Crippen molar-refractivity contribution in [3.63, 3.8) is 0 Å². The maximum atomic E-state index is 13.3. The van der Waals surface area contributed by atoms with E-state index in [9.17, 15) is 9.59 Å². The van der Waals surface area contributed by atoms with Crippen LogP contribution in [0.1, 0.15) is 26.6 Å². The van der Waals surface area contributed by atoms with E-state index in [2.05, 4.69) is 25.2 Å². The topological polar surface area (TPSA) is 80.4 Å². The zero-order valence-electron chi connectivity index (χ0n) is 20.5. The molecule has 5 rings (SSSR count). The van der Waals surface area contributed by atoms with Crippen LogP contribution in [0.5, 0.6) is 0 Å². The molecule has 0 spiro atoms. The molecule has 0 unspecified atom stereocenters. The van der Waals surface area contributed by atoms with E-state index in [4.69, 9.17) is 9.40 Å². The van der Waals surface area contributed by atoms with Crippen molar-refractivity contribution in [1.29, 1.82) is 0 Å². The predicted molar refractivity (Wildman–Crippen MR) is 145 cm³/mol. The minimum absolute atomic E-state index is 0.155. The standard InChI is InChI=1S/C29H26N4O3S/c1-20-12-13-23(16-21(20)2)33-18-25(22-8-4-3-5-9-22)30-29(33)31-27(34)19-32(17-24-10-6-14-36-24)28(35)26-11-7-15-37-26/h3-16,18H,17,19H2,1-2H3,(H,30,31,34). The van der Waals surface area contributed by atoms with Crippen LogP contribution in [-0.4, -0.2) is 32.8 Å². The molecule has 2 aromatic carbocycles. The molecular weight excluding hydrogens is 484 g/mol. The summed E-state index contributed by atoms with van der Waals surface area (Å²) in [7, 11) is 0. The van der Waals surface area contributed by atoms with Crippen molar-refractivity contribution in [1.82, 2.24) is 14.5 Å². The Hall–Kier alpha value is -4.43. The van der Waals surface area contributed by atoms with Crippen LogP contribution < -0.4 is 5.32 Å². The number of carbonyl (C=O) groups is 2. The highest BCUT2D eigenvalue weighted by molar-refractivity contribution is 7.12. The van der Waals surface area contributed by atoms with E-state index in [0.29, 0.717) is 16.6 Å². The maximum Gasteiger partial charge on any atom is 0.264 e. The van der Waals surface area contributed by atoms with E-state index in [1.165, 1.54) is 21.8 Å². The molecule has 0 aliphatic rings. The normalized spacial score (nSPS) is 10.9.